The fourth-order valence-corrected chi connectivity index (χ4v) is 5.86. The minimum absolute atomic E-state index is 0.0417. The number of hydrogen-bond acceptors (Lipinski definition) is 5. The van der Waals surface area contributed by atoms with Crippen LogP contribution in [0.25, 0.3) is 4.96 Å². The number of likely N-dealkylation sites (tertiary alicyclic amines) is 3. The molecular weight excluding hydrogens is 386 g/mol. The standard InChI is InChI=1S/C21H29N5O2S/c27-19(23-7-1-2-8-23)16-4-3-9-25(14-16)17-5-10-24(11-6-17)20(28)18-15-26-12-13-29-21(26)22-18/h12-13,15-17H,1-11,14H2. The van der Waals surface area contributed by atoms with E-state index in [0.717, 1.165) is 82.8 Å². The molecular formula is C21H29N5O2S. The van der Waals surface area contributed by atoms with Crippen LogP contribution in [0.3, 0.4) is 0 Å². The van der Waals surface area contributed by atoms with Gasteiger partial charge in [0.25, 0.3) is 5.91 Å². The van der Waals surface area contributed by atoms with Crippen LogP contribution >= 0.6 is 11.3 Å². The highest BCUT2D eigenvalue weighted by Crippen LogP contribution is 2.26. The normalized spacial score (nSPS) is 24.5. The fraction of sp³-hybridized carbons (Fsp3) is 0.667. The summed E-state index contributed by atoms with van der Waals surface area (Å²) in [5.74, 6) is 0.583. The highest BCUT2D eigenvalue weighted by molar-refractivity contribution is 7.15. The highest BCUT2D eigenvalue weighted by atomic mass is 32.1. The topological polar surface area (TPSA) is 61.2 Å². The van der Waals surface area contributed by atoms with E-state index in [-0.39, 0.29) is 11.8 Å². The van der Waals surface area contributed by atoms with Crippen molar-refractivity contribution in [2.24, 2.45) is 5.92 Å². The molecule has 0 saturated carbocycles. The number of fused-ring (bicyclic) bond motifs is 1. The first kappa shape index (κ1) is 19.1. The Morgan fingerprint density at radius 1 is 0.966 bits per heavy atom. The first-order chi connectivity index (χ1) is 14.2. The molecule has 0 radical (unpaired) electrons. The van der Waals surface area contributed by atoms with Gasteiger partial charge in [-0.25, -0.2) is 4.98 Å². The lowest BCUT2D eigenvalue weighted by Crippen LogP contribution is -2.51. The zero-order valence-electron chi connectivity index (χ0n) is 16.8. The van der Waals surface area contributed by atoms with Crippen LogP contribution in [0.2, 0.25) is 0 Å². The molecule has 3 saturated heterocycles. The van der Waals surface area contributed by atoms with Crippen molar-refractivity contribution in [1.29, 1.82) is 0 Å². The molecule has 29 heavy (non-hydrogen) atoms. The van der Waals surface area contributed by atoms with Gasteiger partial charge in [0.05, 0.1) is 5.92 Å². The van der Waals surface area contributed by atoms with Crippen LogP contribution in [-0.4, -0.2) is 81.2 Å². The summed E-state index contributed by atoms with van der Waals surface area (Å²) >= 11 is 1.55. The first-order valence-electron chi connectivity index (χ1n) is 10.9. The van der Waals surface area contributed by atoms with E-state index < -0.39 is 0 Å². The summed E-state index contributed by atoms with van der Waals surface area (Å²) in [4.78, 5) is 37.5. The number of thiazole rings is 1. The Bertz CT molecular complexity index is 850. The van der Waals surface area contributed by atoms with Crippen LogP contribution in [0.4, 0.5) is 0 Å². The van der Waals surface area contributed by atoms with E-state index in [9.17, 15) is 9.59 Å². The highest BCUT2D eigenvalue weighted by Gasteiger charge is 2.35. The van der Waals surface area contributed by atoms with E-state index in [0.29, 0.717) is 17.6 Å². The molecule has 8 heteroatoms. The number of piperidine rings is 2. The molecule has 5 rings (SSSR count). The van der Waals surface area contributed by atoms with Gasteiger partial charge >= 0.3 is 0 Å². The molecule has 0 spiro atoms. The second-order valence-corrected chi connectivity index (χ2v) is 9.48. The van der Waals surface area contributed by atoms with Gasteiger partial charge in [0.15, 0.2) is 4.96 Å². The summed E-state index contributed by atoms with van der Waals surface area (Å²) in [6.07, 6.45) is 10.2. The van der Waals surface area contributed by atoms with Gasteiger partial charge in [0, 0.05) is 56.5 Å². The Morgan fingerprint density at radius 3 is 2.52 bits per heavy atom. The van der Waals surface area contributed by atoms with Crippen molar-refractivity contribution in [3.8, 4) is 0 Å². The fourth-order valence-electron chi connectivity index (χ4n) is 5.16. The van der Waals surface area contributed by atoms with Gasteiger partial charge in [-0.15, -0.1) is 11.3 Å². The van der Waals surface area contributed by atoms with Crippen LogP contribution in [0.1, 0.15) is 49.0 Å². The van der Waals surface area contributed by atoms with Crippen molar-refractivity contribution < 1.29 is 9.59 Å². The Kier molecular flexibility index (Phi) is 5.30. The molecule has 7 nitrogen and oxygen atoms in total. The molecule has 3 aliphatic heterocycles. The van der Waals surface area contributed by atoms with Crippen LogP contribution in [0.15, 0.2) is 17.8 Å². The summed E-state index contributed by atoms with van der Waals surface area (Å²) in [5.41, 5.74) is 0.546. The number of amides is 2. The van der Waals surface area contributed by atoms with Gasteiger partial charge in [-0.2, -0.15) is 0 Å². The molecule has 0 aromatic carbocycles. The van der Waals surface area contributed by atoms with E-state index in [2.05, 4.69) is 14.8 Å². The monoisotopic (exact) mass is 415 g/mol. The van der Waals surface area contributed by atoms with Crippen molar-refractivity contribution >= 4 is 28.1 Å². The Balaban J connectivity index is 1.16. The van der Waals surface area contributed by atoms with E-state index in [1.54, 1.807) is 11.3 Å². The van der Waals surface area contributed by atoms with Crippen LogP contribution < -0.4 is 0 Å². The number of aromatic nitrogens is 2. The Morgan fingerprint density at radius 2 is 1.76 bits per heavy atom. The molecule has 0 bridgehead atoms. The maximum Gasteiger partial charge on any atom is 0.274 e. The predicted octanol–water partition coefficient (Wildman–Crippen LogP) is 2.33. The lowest BCUT2D eigenvalue weighted by atomic mass is 9.93. The number of hydrogen-bond donors (Lipinski definition) is 0. The molecule has 156 valence electrons. The minimum Gasteiger partial charge on any atom is -0.342 e. The molecule has 1 atom stereocenters. The predicted molar refractivity (Wildman–Crippen MR) is 112 cm³/mol. The second-order valence-electron chi connectivity index (χ2n) is 8.61. The Hall–Kier alpha value is -1.93. The van der Waals surface area contributed by atoms with Gasteiger partial charge in [-0.1, -0.05) is 0 Å². The molecule has 5 heterocycles. The van der Waals surface area contributed by atoms with Crippen LogP contribution in [0.5, 0.6) is 0 Å². The lowest BCUT2D eigenvalue weighted by molar-refractivity contribution is -0.136. The number of carbonyl (C=O) groups is 2. The number of nitrogens with zero attached hydrogens (tertiary/aromatic N) is 5. The zero-order chi connectivity index (χ0) is 19.8. The maximum absolute atomic E-state index is 12.8. The third-order valence-electron chi connectivity index (χ3n) is 6.80. The molecule has 0 aliphatic carbocycles. The van der Waals surface area contributed by atoms with Gasteiger partial charge in [0.1, 0.15) is 5.69 Å². The van der Waals surface area contributed by atoms with Crippen LogP contribution in [-0.2, 0) is 4.79 Å². The van der Waals surface area contributed by atoms with E-state index in [4.69, 9.17) is 0 Å². The molecule has 3 aliphatic rings. The smallest absolute Gasteiger partial charge is 0.274 e. The summed E-state index contributed by atoms with van der Waals surface area (Å²) in [5, 5.41) is 1.97. The summed E-state index contributed by atoms with van der Waals surface area (Å²) < 4.78 is 1.91. The van der Waals surface area contributed by atoms with Gasteiger partial charge in [-0.3, -0.25) is 18.9 Å². The SMILES string of the molecule is O=C(c1cn2ccsc2n1)N1CCC(N2CCCC(C(=O)N3CCCC3)C2)CC1. The third kappa shape index (κ3) is 3.80. The summed E-state index contributed by atoms with van der Waals surface area (Å²) in [6.45, 7) is 5.42. The van der Waals surface area contributed by atoms with E-state index in [1.807, 2.05) is 27.1 Å². The Labute approximate surface area is 175 Å². The number of carbonyl (C=O) groups excluding carboxylic acids is 2. The quantitative estimate of drug-likeness (QED) is 0.772. The van der Waals surface area contributed by atoms with Crippen molar-refractivity contribution in [2.45, 2.75) is 44.6 Å². The molecule has 2 aromatic rings. The lowest BCUT2D eigenvalue weighted by Gasteiger charge is -2.42. The third-order valence-corrected chi connectivity index (χ3v) is 7.57. The molecule has 2 amide bonds. The second kappa shape index (κ2) is 8.07. The largest absolute Gasteiger partial charge is 0.342 e. The summed E-state index contributed by atoms with van der Waals surface area (Å²) in [6, 6.07) is 0.485. The van der Waals surface area contributed by atoms with Crippen molar-refractivity contribution in [3.05, 3.63) is 23.5 Å². The average Bonchev–Trinajstić information content (AvgIpc) is 3.50. The van der Waals surface area contributed by atoms with E-state index >= 15 is 0 Å². The summed E-state index contributed by atoms with van der Waals surface area (Å²) in [7, 11) is 0. The zero-order valence-corrected chi connectivity index (χ0v) is 17.6. The van der Waals surface area contributed by atoms with Gasteiger partial charge in [-0.05, 0) is 45.1 Å². The van der Waals surface area contributed by atoms with Crippen molar-refractivity contribution in [3.63, 3.8) is 0 Å². The molecule has 1 unspecified atom stereocenters. The number of imidazole rings is 1. The van der Waals surface area contributed by atoms with Gasteiger partial charge in [0.2, 0.25) is 5.91 Å². The molecule has 2 aromatic heterocycles. The average molecular weight is 416 g/mol. The minimum atomic E-state index is 0.0417. The molecule has 3 fully saturated rings. The first-order valence-corrected chi connectivity index (χ1v) is 11.8. The van der Waals surface area contributed by atoms with Crippen molar-refractivity contribution in [1.82, 2.24) is 24.1 Å². The maximum atomic E-state index is 12.8. The van der Waals surface area contributed by atoms with Crippen LogP contribution in [0, 0.1) is 5.92 Å². The number of rotatable bonds is 3. The van der Waals surface area contributed by atoms with Crippen molar-refractivity contribution in [2.75, 3.05) is 39.3 Å². The van der Waals surface area contributed by atoms with Gasteiger partial charge < -0.3 is 9.80 Å². The van der Waals surface area contributed by atoms with E-state index in [1.165, 1.54) is 0 Å². The molecule has 0 N–H and O–H groups in total.